The van der Waals surface area contributed by atoms with Crippen LogP contribution in [0, 0.1) is 5.92 Å². The number of hydrogen-bond acceptors (Lipinski definition) is 3. The van der Waals surface area contributed by atoms with Crippen molar-refractivity contribution in [1.82, 2.24) is 4.98 Å². The normalized spacial score (nSPS) is 14.6. The minimum Gasteiger partial charge on any atom is -0.461 e. The SMILES string of the molecule is O=C(OCCC1CC1)c1cc2ccccc2c(Cl)n1. The second-order valence-electron chi connectivity index (χ2n) is 4.89. The highest BCUT2D eigenvalue weighted by molar-refractivity contribution is 6.34. The molecule has 0 radical (unpaired) electrons. The van der Waals surface area contributed by atoms with Crippen LogP contribution in [0.2, 0.25) is 5.15 Å². The second kappa shape index (κ2) is 5.17. The Morgan fingerprint density at radius 2 is 2.16 bits per heavy atom. The van der Waals surface area contributed by atoms with E-state index in [4.69, 9.17) is 16.3 Å². The lowest BCUT2D eigenvalue weighted by atomic mass is 10.1. The molecule has 2 aromatic rings. The minimum absolute atomic E-state index is 0.277. The van der Waals surface area contributed by atoms with Crippen LogP contribution < -0.4 is 0 Å². The summed E-state index contributed by atoms with van der Waals surface area (Å²) in [5.74, 6) is 0.356. The van der Waals surface area contributed by atoms with E-state index in [2.05, 4.69) is 4.98 Å². The molecule has 1 aliphatic carbocycles. The highest BCUT2D eigenvalue weighted by Gasteiger charge is 2.21. The maximum atomic E-state index is 11.9. The molecule has 0 amide bonds. The zero-order valence-electron chi connectivity index (χ0n) is 10.4. The number of aromatic nitrogens is 1. The number of rotatable bonds is 4. The molecule has 19 heavy (non-hydrogen) atoms. The molecule has 0 saturated heterocycles. The van der Waals surface area contributed by atoms with E-state index < -0.39 is 5.97 Å². The van der Waals surface area contributed by atoms with Crippen LogP contribution in [0.3, 0.4) is 0 Å². The van der Waals surface area contributed by atoms with Crippen molar-refractivity contribution < 1.29 is 9.53 Å². The van der Waals surface area contributed by atoms with Crippen LogP contribution in [0.4, 0.5) is 0 Å². The average Bonchev–Trinajstić information content (AvgIpc) is 3.23. The summed E-state index contributed by atoms with van der Waals surface area (Å²) in [7, 11) is 0. The Bertz CT molecular complexity index is 623. The predicted octanol–water partition coefficient (Wildman–Crippen LogP) is 3.85. The van der Waals surface area contributed by atoms with Gasteiger partial charge in [0.05, 0.1) is 6.61 Å². The Balaban J connectivity index is 1.77. The van der Waals surface area contributed by atoms with E-state index in [1.165, 1.54) is 12.8 Å². The van der Waals surface area contributed by atoms with Crippen molar-refractivity contribution in [2.24, 2.45) is 5.92 Å². The lowest BCUT2D eigenvalue weighted by Crippen LogP contribution is -2.09. The first-order chi connectivity index (χ1) is 9.24. The second-order valence-corrected chi connectivity index (χ2v) is 5.25. The summed E-state index contributed by atoms with van der Waals surface area (Å²) in [4.78, 5) is 16.0. The van der Waals surface area contributed by atoms with Crippen molar-refractivity contribution >= 4 is 28.3 Å². The van der Waals surface area contributed by atoms with Crippen LogP contribution >= 0.6 is 11.6 Å². The van der Waals surface area contributed by atoms with E-state index >= 15 is 0 Å². The molecule has 1 aromatic carbocycles. The van der Waals surface area contributed by atoms with Gasteiger partial charge in [-0.25, -0.2) is 9.78 Å². The quantitative estimate of drug-likeness (QED) is 0.628. The summed E-state index contributed by atoms with van der Waals surface area (Å²) in [6.45, 7) is 0.468. The van der Waals surface area contributed by atoms with E-state index in [1.54, 1.807) is 6.07 Å². The van der Waals surface area contributed by atoms with Crippen LogP contribution in [0.1, 0.15) is 29.8 Å². The molecule has 0 unspecified atom stereocenters. The Labute approximate surface area is 116 Å². The third kappa shape index (κ3) is 2.87. The van der Waals surface area contributed by atoms with E-state index in [0.717, 1.165) is 23.1 Å². The monoisotopic (exact) mass is 275 g/mol. The zero-order chi connectivity index (χ0) is 13.2. The average molecular weight is 276 g/mol. The molecular weight excluding hydrogens is 262 g/mol. The minimum atomic E-state index is -0.395. The molecule has 0 bridgehead atoms. The van der Waals surface area contributed by atoms with Gasteiger partial charge in [-0.1, -0.05) is 48.7 Å². The van der Waals surface area contributed by atoms with Gasteiger partial charge in [-0.3, -0.25) is 0 Å². The molecule has 1 aliphatic rings. The van der Waals surface area contributed by atoms with Gasteiger partial charge >= 0.3 is 5.97 Å². The maximum absolute atomic E-state index is 11.9. The summed E-state index contributed by atoms with van der Waals surface area (Å²) in [6.07, 6.45) is 3.47. The first-order valence-corrected chi connectivity index (χ1v) is 6.84. The first kappa shape index (κ1) is 12.4. The molecule has 1 heterocycles. The summed E-state index contributed by atoms with van der Waals surface area (Å²) < 4.78 is 5.22. The molecule has 1 fully saturated rings. The lowest BCUT2D eigenvalue weighted by molar-refractivity contribution is 0.0488. The van der Waals surface area contributed by atoms with Gasteiger partial charge in [0.15, 0.2) is 5.69 Å². The van der Waals surface area contributed by atoms with Gasteiger partial charge in [0.25, 0.3) is 0 Å². The van der Waals surface area contributed by atoms with Crippen LogP contribution in [-0.2, 0) is 4.74 Å². The van der Waals surface area contributed by atoms with Gasteiger partial charge in [0, 0.05) is 5.39 Å². The first-order valence-electron chi connectivity index (χ1n) is 6.46. The van der Waals surface area contributed by atoms with Crippen LogP contribution in [0.25, 0.3) is 10.8 Å². The van der Waals surface area contributed by atoms with Crippen molar-refractivity contribution in [1.29, 1.82) is 0 Å². The molecule has 0 atom stereocenters. The van der Waals surface area contributed by atoms with E-state index in [-0.39, 0.29) is 5.69 Å². The molecule has 3 nitrogen and oxygen atoms in total. The van der Waals surface area contributed by atoms with Crippen molar-refractivity contribution in [2.45, 2.75) is 19.3 Å². The number of pyridine rings is 1. The fourth-order valence-electron chi connectivity index (χ4n) is 2.06. The number of benzene rings is 1. The number of carbonyl (C=O) groups excluding carboxylic acids is 1. The third-order valence-corrected chi connectivity index (χ3v) is 3.65. The Kier molecular flexibility index (Phi) is 3.38. The summed E-state index contributed by atoms with van der Waals surface area (Å²) in [5, 5.41) is 2.09. The topological polar surface area (TPSA) is 39.2 Å². The number of fused-ring (bicyclic) bond motifs is 1. The molecule has 0 aliphatic heterocycles. The molecule has 98 valence electrons. The molecular formula is C15H14ClNO2. The van der Waals surface area contributed by atoms with Gasteiger partial charge < -0.3 is 4.74 Å². The molecule has 0 spiro atoms. The number of hydrogen-bond donors (Lipinski definition) is 0. The fraction of sp³-hybridized carbons (Fsp3) is 0.333. The van der Waals surface area contributed by atoms with Gasteiger partial charge in [-0.15, -0.1) is 0 Å². The summed E-state index contributed by atoms with van der Waals surface area (Å²) in [5.41, 5.74) is 0.277. The zero-order valence-corrected chi connectivity index (χ0v) is 11.2. The van der Waals surface area contributed by atoms with Crippen molar-refractivity contribution in [3.63, 3.8) is 0 Å². The van der Waals surface area contributed by atoms with Crippen molar-refractivity contribution in [2.75, 3.05) is 6.61 Å². The fourth-order valence-corrected chi connectivity index (χ4v) is 2.32. The number of nitrogens with zero attached hydrogens (tertiary/aromatic N) is 1. The Morgan fingerprint density at radius 3 is 2.95 bits per heavy atom. The summed E-state index contributed by atoms with van der Waals surface area (Å²) in [6, 6.07) is 9.31. The third-order valence-electron chi connectivity index (χ3n) is 3.36. The molecule has 0 N–H and O–H groups in total. The number of ether oxygens (including phenoxy) is 1. The van der Waals surface area contributed by atoms with Gasteiger partial charge in [0.2, 0.25) is 0 Å². The van der Waals surface area contributed by atoms with Crippen molar-refractivity contribution in [3.8, 4) is 0 Å². The van der Waals surface area contributed by atoms with E-state index in [9.17, 15) is 4.79 Å². The van der Waals surface area contributed by atoms with Crippen molar-refractivity contribution in [3.05, 3.63) is 41.2 Å². The lowest BCUT2D eigenvalue weighted by Gasteiger charge is -2.06. The largest absolute Gasteiger partial charge is 0.461 e. The summed E-state index contributed by atoms with van der Waals surface area (Å²) >= 11 is 6.08. The van der Waals surface area contributed by atoms with Crippen LogP contribution in [0.15, 0.2) is 30.3 Å². The van der Waals surface area contributed by atoms with Gasteiger partial charge in [0.1, 0.15) is 5.15 Å². The van der Waals surface area contributed by atoms with Crippen LogP contribution in [-0.4, -0.2) is 17.6 Å². The number of halogens is 1. The molecule has 3 rings (SSSR count). The standard InChI is InChI=1S/C15H14ClNO2/c16-14-12-4-2-1-3-11(12)9-13(17-14)15(18)19-8-7-10-5-6-10/h1-4,9-10H,5-8H2. The molecule has 1 saturated carbocycles. The predicted molar refractivity (Wildman–Crippen MR) is 74.4 cm³/mol. The van der Waals surface area contributed by atoms with Crippen LogP contribution in [0.5, 0.6) is 0 Å². The molecule has 4 heteroatoms. The smallest absolute Gasteiger partial charge is 0.357 e. The van der Waals surface area contributed by atoms with Gasteiger partial charge in [-0.05, 0) is 23.8 Å². The highest BCUT2D eigenvalue weighted by Crippen LogP contribution is 2.32. The number of carbonyl (C=O) groups is 1. The molecule has 1 aromatic heterocycles. The maximum Gasteiger partial charge on any atom is 0.357 e. The Morgan fingerprint density at radius 1 is 1.37 bits per heavy atom. The Hall–Kier alpha value is -1.61. The van der Waals surface area contributed by atoms with Gasteiger partial charge in [-0.2, -0.15) is 0 Å². The van der Waals surface area contributed by atoms with E-state index in [0.29, 0.717) is 11.8 Å². The number of esters is 1. The highest BCUT2D eigenvalue weighted by atomic mass is 35.5. The van der Waals surface area contributed by atoms with E-state index in [1.807, 2.05) is 24.3 Å².